The number of ether oxygens (including phenoxy) is 2. The third-order valence-electron chi connectivity index (χ3n) is 3.93. The Labute approximate surface area is 143 Å². The van der Waals surface area contributed by atoms with Crippen molar-refractivity contribution in [2.75, 3.05) is 18.4 Å². The van der Waals surface area contributed by atoms with Crippen LogP contribution < -0.4 is 20.1 Å². The van der Waals surface area contributed by atoms with Crippen LogP contribution in [0.15, 0.2) is 18.5 Å². The van der Waals surface area contributed by atoms with Gasteiger partial charge in [0.15, 0.2) is 11.6 Å². The number of H-pyrrole nitrogens is 1. The average molecular weight is 354 g/mol. The first-order valence-electron chi connectivity index (χ1n) is 8.07. The van der Waals surface area contributed by atoms with Crippen LogP contribution in [0.5, 0.6) is 11.8 Å². The van der Waals surface area contributed by atoms with Crippen molar-refractivity contribution in [1.82, 2.24) is 25.5 Å². The largest absolute Gasteiger partial charge is 0.473 e. The van der Waals surface area contributed by atoms with Gasteiger partial charge in [-0.1, -0.05) is 6.92 Å². The lowest BCUT2D eigenvalue weighted by atomic mass is 10.00. The van der Waals surface area contributed by atoms with Gasteiger partial charge in [-0.25, -0.2) is 5.10 Å². The predicted molar refractivity (Wildman–Crippen MR) is 86.2 cm³/mol. The van der Waals surface area contributed by atoms with Crippen LogP contribution in [-0.4, -0.2) is 46.0 Å². The predicted octanol–water partition coefficient (Wildman–Crippen LogP) is 2.31. The van der Waals surface area contributed by atoms with E-state index >= 15 is 0 Å². The summed E-state index contributed by atoms with van der Waals surface area (Å²) in [5.74, 6) is 1.36. The summed E-state index contributed by atoms with van der Waals surface area (Å²) >= 11 is 0. The summed E-state index contributed by atoms with van der Waals surface area (Å²) in [5.41, 5.74) is 0. The fourth-order valence-corrected chi connectivity index (χ4v) is 2.62. The number of halogens is 2. The molecule has 1 aliphatic heterocycles. The van der Waals surface area contributed by atoms with E-state index in [4.69, 9.17) is 4.74 Å². The lowest BCUT2D eigenvalue weighted by Gasteiger charge is -2.21. The highest BCUT2D eigenvalue weighted by Gasteiger charge is 2.22. The van der Waals surface area contributed by atoms with Crippen LogP contribution in [0.2, 0.25) is 0 Å². The Morgan fingerprint density at radius 2 is 2.08 bits per heavy atom. The standard InChI is InChI=1S/C15H20F2N6O2/c1-9-2-4-18-5-3-10(9)24-14-8-19-7-12(21-14)20-11-6-13(23-22-11)25-15(16)17/h6-10,15,18H,2-5H2,1H3,(H2,20,21,22,23). The van der Waals surface area contributed by atoms with Crippen LogP contribution in [0, 0.1) is 5.92 Å². The third-order valence-corrected chi connectivity index (χ3v) is 3.93. The van der Waals surface area contributed by atoms with Gasteiger partial charge in [0, 0.05) is 6.07 Å². The van der Waals surface area contributed by atoms with Gasteiger partial charge in [-0.3, -0.25) is 4.98 Å². The van der Waals surface area contributed by atoms with E-state index in [1.165, 1.54) is 12.3 Å². The molecule has 0 amide bonds. The van der Waals surface area contributed by atoms with Crippen LogP contribution >= 0.6 is 0 Å². The van der Waals surface area contributed by atoms with Crippen molar-refractivity contribution in [3.8, 4) is 11.8 Å². The molecule has 0 saturated carbocycles. The number of aromatic amines is 1. The maximum absolute atomic E-state index is 12.2. The van der Waals surface area contributed by atoms with E-state index in [0.717, 1.165) is 25.9 Å². The Hall–Kier alpha value is -2.49. The molecule has 1 saturated heterocycles. The van der Waals surface area contributed by atoms with E-state index in [9.17, 15) is 8.78 Å². The van der Waals surface area contributed by atoms with Crippen LogP contribution in [0.4, 0.5) is 20.4 Å². The average Bonchev–Trinajstić information content (AvgIpc) is 2.89. The number of nitrogens with zero attached hydrogens (tertiary/aromatic N) is 3. The molecule has 8 nitrogen and oxygen atoms in total. The number of aromatic nitrogens is 4. The Morgan fingerprint density at radius 1 is 1.24 bits per heavy atom. The molecule has 3 N–H and O–H groups in total. The summed E-state index contributed by atoms with van der Waals surface area (Å²) in [7, 11) is 0. The molecular weight excluding hydrogens is 334 g/mol. The Morgan fingerprint density at radius 3 is 2.92 bits per heavy atom. The summed E-state index contributed by atoms with van der Waals surface area (Å²) in [6.07, 6.45) is 5.04. The highest BCUT2D eigenvalue weighted by Crippen LogP contribution is 2.22. The molecule has 1 fully saturated rings. The van der Waals surface area contributed by atoms with E-state index in [1.807, 2.05) is 0 Å². The SMILES string of the molecule is CC1CCNCCC1Oc1cncc(Nc2cc(OC(F)F)[nH]n2)n1. The van der Waals surface area contributed by atoms with E-state index in [2.05, 4.69) is 42.5 Å². The molecule has 10 heteroatoms. The number of hydrogen-bond acceptors (Lipinski definition) is 7. The molecule has 3 heterocycles. The van der Waals surface area contributed by atoms with Crippen molar-refractivity contribution in [2.24, 2.45) is 5.92 Å². The van der Waals surface area contributed by atoms with Crippen molar-refractivity contribution in [2.45, 2.75) is 32.5 Å². The highest BCUT2D eigenvalue weighted by molar-refractivity contribution is 5.51. The van der Waals surface area contributed by atoms with Crippen molar-refractivity contribution >= 4 is 11.6 Å². The number of anilines is 2. The van der Waals surface area contributed by atoms with Gasteiger partial charge in [-0.15, -0.1) is 0 Å². The van der Waals surface area contributed by atoms with Crippen LogP contribution in [0.1, 0.15) is 19.8 Å². The normalized spacial score (nSPS) is 21.0. The second-order valence-electron chi connectivity index (χ2n) is 5.82. The zero-order valence-corrected chi connectivity index (χ0v) is 13.7. The lowest BCUT2D eigenvalue weighted by molar-refractivity contribution is -0.0528. The minimum Gasteiger partial charge on any atom is -0.473 e. The molecule has 2 aromatic heterocycles. The molecule has 0 bridgehead atoms. The lowest BCUT2D eigenvalue weighted by Crippen LogP contribution is -2.25. The summed E-state index contributed by atoms with van der Waals surface area (Å²) in [6.45, 7) is 1.12. The minimum absolute atomic E-state index is 0.0657. The summed E-state index contributed by atoms with van der Waals surface area (Å²) in [6, 6.07) is 1.31. The summed E-state index contributed by atoms with van der Waals surface area (Å²) < 4.78 is 34.5. The zero-order valence-electron chi connectivity index (χ0n) is 13.7. The Kier molecular flexibility index (Phi) is 5.59. The zero-order chi connectivity index (χ0) is 17.6. The van der Waals surface area contributed by atoms with E-state index in [1.54, 1.807) is 6.20 Å². The molecule has 136 valence electrons. The van der Waals surface area contributed by atoms with Gasteiger partial charge in [0.2, 0.25) is 11.8 Å². The fraction of sp³-hybridized carbons (Fsp3) is 0.533. The second kappa shape index (κ2) is 8.06. The smallest absolute Gasteiger partial charge is 0.388 e. The Balaban J connectivity index is 1.63. The second-order valence-corrected chi connectivity index (χ2v) is 5.82. The summed E-state index contributed by atoms with van der Waals surface area (Å²) in [5, 5.41) is 12.4. The van der Waals surface area contributed by atoms with Crippen molar-refractivity contribution < 1.29 is 18.3 Å². The fourth-order valence-electron chi connectivity index (χ4n) is 2.62. The molecule has 0 spiro atoms. The number of alkyl halides is 2. The first-order chi connectivity index (χ1) is 12.1. The van der Waals surface area contributed by atoms with Crippen molar-refractivity contribution in [1.29, 1.82) is 0 Å². The first kappa shape index (κ1) is 17.3. The number of nitrogens with one attached hydrogen (secondary N) is 3. The molecule has 0 aliphatic carbocycles. The third kappa shape index (κ3) is 4.99. The molecule has 1 aliphatic rings. The number of hydrogen-bond donors (Lipinski definition) is 3. The van der Waals surface area contributed by atoms with Crippen LogP contribution in [-0.2, 0) is 0 Å². The molecule has 2 unspecified atom stereocenters. The molecule has 3 rings (SSSR count). The minimum atomic E-state index is -2.92. The van der Waals surface area contributed by atoms with E-state index in [0.29, 0.717) is 17.6 Å². The van der Waals surface area contributed by atoms with Gasteiger partial charge in [0.05, 0.1) is 12.4 Å². The van der Waals surface area contributed by atoms with Gasteiger partial charge in [0.1, 0.15) is 6.10 Å². The van der Waals surface area contributed by atoms with Crippen molar-refractivity contribution in [3.63, 3.8) is 0 Å². The maximum atomic E-state index is 12.2. The first-order valence-corrected chi connectivity index (χ1v) is 8.07. The van der Waals surface area contributed by atoms with Gasteiger partial charge < -0.3 is 20.1 Å². The van der Waals surface area contributed by atoms with Crippen molar-refractivity contribution in [3.05, 3.63) is 18.5 Å². The molecule has 2 atom stereocenters. The van der Waals surface area contributed by atoms with E-state index in [-0.39, 0.29) is 17.8 Å². The summed E-state index contributed by atoms with van der Waals surface area (Å²) in [4.78, 5) is 8.43. The number of rotatable bonds is 6. The van der Waals surface area contributed by atoms with Gasteiger partial charge >= 0.3 is 6.61 Å². The monoisotopic (exact) mass is 354 g/mol. The highest BCUT2D eigenvalue weighted by atomic mass is 19.3. The quantitative estimate of drug-likeness (QED) is 0.732. The molecular formula is C15H20F2N6O2. The molecule has 0 aromatic carbocycles. The Bertz CT molecular complexity index is 684. The van der Waals surface area contributed by atoms with Crippen LogP contribution in [0.25, 0.3) is 0 Å². The molecule has 2 aromatic rings. The maximum Gasteiger partial charge on any atom is 0.388 e. The topological polar surface area (TPSA) is 97.0 Å². The molecule has 0 radical (unpaired) electrons. The van der Waals surface area contributed by atoms with Gasteiger partial charge in [-0.05, 0) is 31.8 Å². The van der Waals surface area contributed by atoms with Gasteiger partial charge in [0.25, 0.3) is 0 Å². The van der Waals surface area contributed by atoms with Crippen LogP contribution in [0.3, 0.4) is 0 Å². The van der Waals surface area contributed by atoms with Gasteiger partial charge in [-0.2, -0.15) is 18.9 Å². The molecule has 25 heavy (non-hydrogen) atoms. The van der Waals surface area contributed by atoms with E-state index < -0.39 is 6.61 Å².